The second-order valence-corrected chi connectivity index (χ2v) is 7.77. The van der Waals surface area contributed by atoms with Gasteiger partial charge in [0.15, 0.2) is 0 Å². The van der Waals surface area contributed by atoms with E-state index in [1.165, 1.54) is 0 Å². The van der Waals surface area contributed by atoms with Crippen LogP contribution in [-0.2, 0) is 20.7 Å². The van der Waals surface area contributed by atoms with Gasteiger partial charge in [-0.25, -0.2) is 0 Å². The number of amides is 2. The lowest BCUT2D eigenvalue weighted by atomic mass is 10.0. The fourth-order valence-electron chi connectivity index (χ4n) is 3.86. The van der Waals surface area contributed by atoms with Gasteiger partial charge in [0.2, 0.25) is 11.8 Å². The predicted octanol–water partition coefficient (Wildman–Crippen LogP) is 3.10. The summed E-state index contributed by atoms with van der Waals surface area (Å²) in [6.07, 6.45) is 1.67. The van der Waals surface area contributed by atoms with Gasteiger partial charge in [0.1, 0.15) is 12.7 Å². The first-order valence-electron chi connectivity index (χ1n) is 10.9. The average molecular weight is 430 g/mol. The molecule has 1 saturated heterocycles. The summed E-state index contributed by atoms with van der Waals surface area (Å²) in [5, 5.41) is 0. The zero-order chi connectivity index (χ0) is 22.2. The second kappa shape index (κ2) is 10.7. The molecular weight excluding hydrogens is 402 g/mol. The molecule has 0 aliphatic carbocycles. The Balaban J connectivity index is 1.31. The van der Waals surface area contributed by atoms with Crippen molar-refractivity contribution in [2.24, 2.45) is 0 Å². The number of piperazine rings is 1. The second-order valence-electron chi connectivity index (χ2n) is 7.77. The van der Waals surface area contributed by atoms with Crippen molar-refractivity contribution in [3.8, 4) is 0 Å². The van der Waals surface area contributed by atoms with Crippen molar-refractivity contribution in [3.05, 3.63) is 102 Å². The smallest absolute Gasteiger partial charge is 0.248 e. The maximum absolute atomic E-state index is 12.8. The van der Waals surface area contributed by atoms with Gasteiger partial charge in [0, 0.05) is 38.1 Å². The summed E-state index contributed by atoms with van der Waals surface area (Å²) in [4.78, 5) is 33.1. The van der Waals surface area contributed by atoms with Crippen molar-refractivity contribution < 1.29 is 14.3 Å². The summed E-state index contributed by atoms with van der Waals surface area (Å²) >= 11 is 0. The number of nitrogens with zero attached hydrogens (tertiary/aromatic N) is 3. The Labute approximate surface area is 188 Å². The maximum Gasteiger partial charge on any atom is 0.248 e. The lowest BCUT2D eigenvalue weighted by Crippen LogP contribution is -2.51. The highest BCUT2D eigenvalue weighted by molar-refractivity contribution is 5.80. The van der Waals surface area contributed by atoms with E-state index in [9.17, 15) is 9.59 Å². The van der Waals surface area contributed by atoms with Crippen LogP contribution < -0.4 is 0 Å². The van der Waals surface area contributed by atoms with Gasteiger partial charge in [-0.1, -0.05) is 66.7 Å². The third-order valence-corrected chi connectivity index (χ3v) is 5.62. The minimum absolute atomic E-state index is 0.00363. The van der Waals surface area contributed by atoms with Crippen LogP contribution in [0.3, 0.4) is 0 Å². The standard InChI is InChI=1S/C26H27N3O3/c30-24(19-23-13-7-8-14-27-23)28-15-17-29(18-16-28)25(31)20-32-26(21-9-3-1-4-10-21)22-11-5-2-6-12-22/h1-14,26H,15-20H2. The van der Waals surface area contributed by atoms with E-state index in [2.05, 4.69) is 4.98 Å². The van der Waals surface area contributed by atoms with Crippen LogP contribution in [0.25, 0.3) is 0 Å². The molecule has 0 N–H and O–H groups in total. The van der Waals surface area contributed by atoms with Gasteiger partial charge in [-0.3, -0.25) is 14.6 Å². The molecule has 4 rings (SSSR count). The molecule has 2 aromatic carbocycles. The van der Waals surface area contributed by atoms with Gasteiger partial charge in [-0.15, -0.1) is 0 Å². The Hall–Kier alpha value is -3.51. The molecule has 2 amide bonds. The van der Waals surface area contributed by atoms with Crippen molar-refractivity contribution in [2.75, 3.05) is 32.8 Å². The largest absolute Gasteiger partial charge is 0.359 e. The molecule has 1 aliphatic rings. The number of hydrogen-bond donors (Lipinski definition) is 0. The minimum atomic E-state index is -0.303. The first-order chi connectivity index (χ1) is 15.7. The Bertz CT molecular complexity index is 965. The van der Waals surface area contributed by atoms with Crippen LogP contribution in [0.4, 0.5) is 0 Å². The van der Waals surface area contributed by atoms with Gasteiger partial charge >= 0.3 is 0 Å². The topological polar surface area (TPSA) is 62.7 Å². The number of pyridine rings is 1. The Morgan fingerprint density at radius 1 is 0.750 bits per heavy atom. The molecule has 1 fully saturated rings. The quantitative estimate of drug-likeness (QED) is 0.579. The monoisotopic (exact) mass is 429 g/mol. The summed E-state index contributed by atoms with van der Waals surface area (Å²) in [7, 11) is 0. The SMILES string of the molecule is O=C(COC(c1ccccc1)c1ccccc1)N1CCN(C(=O)Cc2ccccn2)CC1. The fraction of sp³-hybridized carbons (Fsp3) is 0.269. The molecule has 0 spiro atoms. The predicted molar refractivity (Wildman–Crippen MR) is 122 cm³/mol. The zero-order valence-electron chi connectivity index (χ0n) is 18.0. The zero-order valence-corrected chi connectivity index (χ0v) is 18.0. The van der Waals surface area contributed by atoms with Crippen molar-refractivity contribution in [3.63, 3.8) is 0 Å². The van der Waals surface area contributed by atoms with Crippen LogP contribution in [0.5, 0.6) is 0 Å². The van der Waals surface area contributed by atoms with Gasteiger partial charge in [0.25, 0.3) is 0 Å². The molecule has 3 aromatic rings. The molecule has 1 aliphatic heterocycles. The van der Waals surface area contributed by atoms with Crippen LogP contribution in [0.2, 0.25) is 0 Å². The highest BCUT2D eigenvalue weighted by Crippen LogP contribution is 2.25. The lowest BCUT2D eigenvalue weighted by Gasteiger charge is -2.35. The van der Waals surface area contributed by atoms with E-state index in [1.54, 1.807) is 16.0 Å². The number of hydrogen-bond acceptors (Lipinski definition) is 4. The minimum Gasteiger partial charge on any atom is -0.359 e. The molecule has 2 heterocycles. The number of ether oxygens (including phenoxy) is 1. The Morgan fingerprint density at radius 3 is 1.81 bits per heavy atom. The number of rotatable bonds is 7. The van der Waals surface area contributed by atoms with Crippen LogP contribution in [0.15, 0.2) is 85.1 Å². The third kappa shape index (κ3) is 5.59. The van der Waals surface area contributed by atoms with E-state index in [4.69, 9.17) is 4.74 Å². The molecule has 6 heteroatoms. The molecule has 0 saturated carbocycles. The average Bonchev–Trinajstić information content (AvgIpc) is 2.86. The Kier molecular flexibility index (Phi) is 7.25. The van der Waals surface area contributed by atoms with Gasteiger partial charge in [-0.2, -0.15) is 0 Å². The lowest BCUT2D eigenvalue weighted by molar-refractivity contribution is -0.143. The molecule has 0 bridgehead atoms. The van der Waals surface area contributed by atoms with Crippen molar-refractivity contribution >= 4 is 11.8 Å². The third-order valence-electron chi connectivity index (χ3n) is 5.62. The molecule has 0 unspecified atom stereocenters. The van der Waals surface area contributed by atoms with E-state index in [1.807, 2.05) is 78.9 Å². The van der Waals surface area contributed by atoms with E-state index in [0.29, 0.717) is 26.2 Å². The molecule has 6 nitrogen and oxygen atoms in total. The van der Waals surface area contributed by atoms with Crippen molar-refractivity contribution in [1.82, 2.24) is 14.8 Å². The summed E-state index contributed by atoms with van der Waals surface area (Å²) < 4.78 is 6.10. The highest BCUT2D eigenvalue weighted by atomic mass is 16.5. The summed E-state index contributed by atoms with van der Waals surface area (Å²) in [6, 6.07) is 25.4. The first kappa shape index (κ1) is 21.7. The van der Waals surface area contributed by atoms with Gasteiger partial charge in [-0.05, 0) is 23.3 Å². The van der Waals surface area contributed by atoms with Gasteiger partial charge in [0.05, 0.1) is 6.42 Å². The fourth-order valence-corrected chi connectivity index (χ4v) is 3.86. The Morgan fingerprint density at radius 2 is 1.28 bits per heavy atom. The van der Waals surface area contributed by atoms with Crippen LogP contribution in [0, 0.1) is 0 Å². The first-order valence-corrected chi connectivity index (χ1v) is 10.9. The van der Waals surface area contributed by atoms with Crippen LogP contribution in [0.1, 0.15) is 22.9 Å². The van der Waals surface area contributed by atoms with E-state index >= 15 is 0 Å². The van der Waals surface area contributed by atoms with Crippen molar-refractivity contribution in [1.29, 1.82) is 0 Å². The molecule has 164 valence electrons. The summed E-state index contributed by atoms with van der Waals surface area (Å²) in [5.74, 6) is -0.0149. The van der Waals surface area contributed by atoms with Crippen LogP contribution >= 0.6 is 0 Å². The molecule has 0 atom stereocenters. The number of benzene rings is 2. The molecule has 0 radical (unpaired) electrons. The molecular formula is C26H27N3O3. The van der Waals surface area contributed by atoms with E-state index < -0.39 is 0 Å². The molecule has 32 heavy (non-hydrogen) atoms. The van der Waals surface area contributed by atoms with Crippen LogP contribution in [-0.4, -0.2) is 59.4 Å². The van der Waals surface area contributed by atoms with E-state index in [0.717, 1.165) is 16.8 Å². The number of carbonyl (C=O) groups is 2. The number of aromatic nitrogens is 1. The van der Waals surface area contributed by atoms with E-state index in [-0.39, 0.29) is 30.9 Å². The van der Waals surface area contributed by atoms with Gasteiger partial charge < -0.3 is 14.5 Å². The number of carbonyl (C=O) groups excluding carboxylic acids is 2. The highest BCUT2D eigenvalue weighted by Gasteiger charge is 2.25. The molecule has 1 aromatic heterocycles. The summed E-state index contributed by atoms with van der Waals surface area (Å²) in [6.45, 7) is 2.07. The summed E-state index contributed by atoms with van der Waals surface area (Å²) in [5.41, 5.74) is 2.78. The maximum atomic E-state index is 12.8. The normalized spacial score (nSPS) is 13.9. The van der Waals surface area contributed by atoms with Crippen molar-refractivity contribution in [2.45, 2.75) is 12.5 Å².